The summed E-state index contributed by atoms with van der Waals surface area (Å²) in [6.45, 7) is 3.50. The molecule has 0 aliphatic rings. The van der Waals surface area contributed by atoms with Crippen LogP contribution in [0, 0.1) is 13.8 Å². The maximum absolute atomic E-state index is 12.5. The number of sulfonamides is 1. The number of H-pyrrole nitrogens is 1. The van der Waals surface area contributed by atoms with Gasteiger partial charge in [-0.05, 0) is 44.2 Å². The molecule has 1 aromatic carbocycles. The fraction of sp³-hybridized carbons (Fsp3) is 0.200. The van der Waals surface area contributed by atoms with Gasteiger partial charge in [-0.15, -0.1) is 10.2 Å². The predicted molar refractivity (Wildman–Crippen MR) is 95.3 cm³/mol. The Hall–Kier alpha value is -3.41. The topological polar surface area (TPSA) is 156 Å². The SMILES string of the molecule is Cc1cc(C)nc(NS(=O)(=O)c2ccc(NC(=O)Cc3nn[nH]n3)cc2)n1. The van der Waals surface area contributed by atoms with Crippen LogP contribution in [0.3, 0.4) is 0 Å². The summed E-state index contributed by atoms with van der Waals surface area (Å²) in [6, 6.07) is 7.43. The van der Waals surface area contributed by atoms with Crippen molar-refractivity contribution in [2.45, 2.75) is 25.2 Å². The zero-order valence-electron chi connectivity index (χ0n) is 14.5. The zero-order chi connectivity index (χ0) is 19.4. The molecule has 140 valence electrons. The van der Waals surface area contributed by atoms with Crippen LogP contribution in [0.4, 0.5) is 11.6 Å². The van der Waals surface area contributed by atoms with Gasteiger partial charge in [0.25, 0.3) is 10.0 Å². The Labute approximate surface area is 154 Å². The molecule has 0 aliphatic carbocycles. The van der Waals surface area contributed by atoms with Crippen LogP contribution in [0.25, 0.3) is 0 Å². The van der Waals surface area contributed by atoms with Crippen molar-refractivity contribution in [2.75, 3.05) is 10.0 Å². The minimum absolute atomic E-state index is 0.00462. The van der Waals surface area contributed by atoms with Crippen molar-refractivity contribution < 1.29 is 13.2 Å². The Morgan fingerprint density at radius 2 is 1.78 bits per heavy atom. The number of aromatic amines is 1. The molecule has 12 heteroatoms. The standard InChI is InChI=1S/C15H16N8O3S/c1-9-7-10(2)17-15(16-9)21-27(25,26)12-5-3-11(4-6-12)18-14(24)8-13-19-22-23-20-13/h3-7H,8H2,1-2H3,(H,18,24)(H,16,17,21)(H,19,20,22,23). The number of hydrogen-bond donors (Lipinski definition) is 3. The van der Waals surface area contributed by atoms with E-state index in [9.17, 15) is 13.2 Å². The second-order valence-corrected chi connectivity index (χ2v) is 7.34. The summed E-state index contributed by atoms with van der Waals surface area (Å²) >= 11 is 0. The summed E-state index contributed by atoms with van der Waals surface area (Å²) in [5.74, 6) is -0.0943. The Balaban J connectivity index is 1.69. The molecule has 2 heterocycles. The fourth-order valence-electron chi connectivity index (χ4n) is 2.27. The first-order chi connectivity index (χ1) is 12.8. The highest BCUT2D eigenvalue weighted by Crippen LogP contribution is 2.17. The van der Waals surface area contributed by atoms with Gasteiger partial charge >= 0.3 is 0 Å². The van der Waals surface area contributed by atoms with Crippen LogP contribution in [0.2, 0.25) is 0 Å². The van der Waals surface area contributed by atoms with Crippen LogP contribution in [-0.2, 0) is 21.2 Å². The maximum atomic E-state index is 12.5. The first kappa shape index (κ1) is 18.4. The molecule has 0 unspecified atom stereocenters. The Morgan fingerprint density at radius 1 is 1.11 bits per heavy atom. The van der Waals surface area contributed by atoms with Crippen LogP contribution in [0.1, 0.15) is 17.2 Å². The molecule has 0 atom stereocenters. The molecule has 0 radical (unpaired) electrons. The number of nitrogens with zero attached hydrogens (tertiary/aromatic N) is 5. The zero-order valence-corrected chi connectivity index (χ0v) is 15.3. The molecule has 0 aliphatic heterocycles. The Morgan fingerprint density at radius 3 is 2.37 bits per heavy atom. The number of benzene rings is 1. The molecular weight excluding hydrogens is 372 g/mol. The molecule has 1 amide bonds. The number of anilines is 2. The van der Waals surface area contributed by atoms with Gasteiger partial charge in [0, 0.05) is 17.1 Å². The summed E-state index contributed by atoms with van der Waals surface area (Å²) < 4.78 is 27.3. The number of aryl methyl sites for hydroxylation is 2. The van der Waals surface area contributed by atoms with E-state index in [0.717, 1.165) is 0 Å². The lowest BCUT2D eigenvalue weighted by Gasteiger charge is -2.09. The molecule has 3 aromatic rings. The first-order valence-corrected chi connectivity index (χ1v) is 9.27. The molecule has 0 spiro atoms. The van der Waals surface area contributed by atoms with Crippen molar-refractivity contribution in [3.8, 4) is 0 Å². The highest BCUT2D eigenvalue weighted by molar-refractivity contribution is 7.92. The second kappa shape index (κ2) is 7.45. The summed E-state index contributed by atoms with van der Waals surface area (Å²) in [6.07, 6.45) is -0.0534. The van der Waals surface area contributed by atoms with Crippen molar-refractivity contribution in [3.63, 3.8) is 0 Å². The van der Waals surface area contributed by atoms with Crippen molar-refractivity contribution in [1.29, 1.82) is 0 Å². The number of nitrogens with one attached hydrogen (secondary N) is 3. The van der Waals surface area contributed by atoms with Crippen LogP contribution in [0.15, 0.2) is 35.2 Å². The monoisotopic (exact) mass is 388 g/mol. The molecule has 0 saturated carbocycles. The minimum atomic E-state index is -3.85. The van der Waals surface area contributed by atoms with E-state index in [2.05, 4.69) is 40.6 Å². The van der Waals surface area contributed by atoms with Gasteiger partial charge in [-0.3, -0.25) is 4.79 Å². The normalized spacial score (nSPS) is 11.2. The van der Waals surface area contributed by atoms with E-state index in [1.165, 1.54) is 24.3 Å². The van der Waals surface area contributed by atoms with Gasteiger partial charge in [0.15, 0.2) is 5.82 Å². The third-order valence-electron chi connectivity index (χ3n) is 3.36. The molecular formula is C15H16N8O3S. The maximum Gasteiger partial charge on any atom is 0.264 e. The molecule has 11 nitrogen and oxygen atoms in total. The minimum Gasteiger partial charge on any atom is -0.326 e. The van der Waals surface area contributed by atoms with Crippen molar-refractivity contribution >= 4 is 27.6 Å². The molecule has 3 rings (SSSR count). The number of carbonyl (C=O) groups is 1. The lowest BCUT2D eigenvalue weighted by Crippen LogP contribution is -2.17. The van der Waals surface area contributed by atoms with Gasteiger partial charge < -0.3 is 5.32 Å². The lowest BCUT2D eigenvalue weighted by atomic mass is 10.3. The van der Waals surface area contributed by atoms with E-state index >= 15 is 0 Å². The summed E-state index contributed by atoms with van der Waals surface area (Å²) in [4.78, 5) is 20.0. The summed E-state index contributed by atoms with van der Waals surface area (Å²) in [5, 5.41) is 15.6. The molecule has 0 saturated heterocycles. The van der Waals surface area contributed by atoms with E-state index in [1.54, 1.807) is 19.9 Å². The van der Waals surface area contributed by atoms with Crippen LogP contribution in [0.5, 0.6) is 0 Å². The third kappa shape index (κ3) is 4.82. The Kier molecular flexibility index (Phi) is 5.07. The number of tetrazole rings is 1. The van der Waals surface area contributed by atoms with E-state index < -0.39 is 10.0 Å². The average molecular weight is 388 g/mol. The number of carbonyl (C=O) groups excluding carboxylic acids is 1. The van der Waals surface area contributed by atoms with Gasteiger partial charge in [-0.25, -0.2) is 23.1 Å². The van der Waals surface area contributed by atoms with Crippen molar-refractivity contribution in [1.82, 2.24) is 30.6 Å². The quantitative estimate of drug-likeness (QED) is 0.554. The fourth-order valence-corrected chi connectivity index (χ4v) is 3.22. The van der Waals surface area contributed by atoms with Crippen LogP contribution in [-0.4, -0.2) is 44.9 Å². The van der Waals surface area contributed by atoms with Gasteiger partial charge in [-0.2, -0.15) is 5.21 Å². The van der Waals surface area contributed by atoms with Gasteiger partial charge in [0.1, 0.15) is 0 Å². The molecule has 3 N–H and O–H groups in total. The summed E-state index contributed by atoms with van der Waals surface area (Å²) in [7, 11) is -3.85. The molecule has 2 aromatic heterocycles. The molecule has 27 heavy (non-hydrogen) atoms. The van der Waals surface area contributed by atoms with Crippen molar-refractivity contribution in [3.05, 3.63) is 47.5 Å². The second-order valence-electron chi connectivity index (χ2n) is 5.66. The van der Waals surface area contributed by atoms with E-state index in [4.69, 9.17) is 0 Å². The van der Waals surface area contributed by atoms with E-state index in [-0.39, 0.29) is 29.0 Å². The van der Waals surface area contributed by atoms with E-state index in [0.29, 0.717) is 17.1 Å². The predicted octanol–water partition coefficient (Wildman–Crippen LogP) is 0.589. The molecule has 0 bridgehead atoms. The number of hydrogen-bond acceptors (Lipinski definition) is 8. The third-order valence-corrected chi connectivity index (χ3v) is 4.71. The van der Waals surface area contributed by atoms with Crippen LogP contribution < -0.4 is 10.0 Å². The van der Waals surface area contributed by atoms with E-state index in [1.807, 2.05) is 0 Å². The number of amides is 1. The highest BCUT2D eigenvalue weighted by Gasteiger charge is 2.16. The van der Waals surface area contributed by atoms with Gasteiger partial charge in [-0.1, -0.05) is 5.21 Å². The molecule has 0 fully saturated rings. The number of rotatable bonds is 6. The smallest absolute Gasteiger partial charge is 0.264 e. The average Bonchev–Trinajstić information content (AvgIpc) is 3.06. The van der Waals surface area contributed by atoms with Gasteiger partial charge in [0.2, 0.25) is 11.9 Å². The number of aromatic nitrogens is 6. The largest absolute Gasteiger partial charge is 0.326 e. The Bertz CT molecular complexity index is 1030. The van der Waals surface area contributed by atoms with Gasteiger partial charge in [0.05, 0.1) is 11.3 Å². The first-order valence-electron chi connectivity index (χ1n) is 7.79. The lowest BCUT2D eigenvalue weighted by molar-refractivity contribution is -0.115. The highest BCUT2D eigenvalue weighted by atomic mass is 32.2. The van der Waals surface area contributed by atoms with Crippen LogP contribution >= 0.6 is 0 Å². The summed E-state index contributed by atoms with van der Waals surface area (Å²) in [5.41, 5.74) is 1.74. The van der Waals surface area contributed by atoms with Crippen molar-refractivity contribution in [2.24, 2.45) is 0 Å².